The second-order valence-corrected chi connectivity index (χ2v) is 7.17. The van der Waals surface area contributed by atoms with Gasteiger partial charge >= 0.3 is 0 Å². The zero-order chi connectivity index (χ0) is 17.9. The molecule has 1 fully saturated rings. The number of carbonyl (C=O) groups excluding carboxylic acids is 2. The SMILES string of the molecule is CN(CC(=O)NC(C)(C)C)C(=O)C1CC(c2ccc(F)cc2)NN1. The van der Waals surface area contributed by atoms with E-state index in [-0.39, 0.29) is 35.8 Å². The Morgan fingerprint density at radius 2 is 1.88 bits per heavy atom. The molecule has 1 aliphatic rings. The van der Waals surface area contributed by atoms with Crippen LogP contribution in [-0.2, 0) is 9.59 Å². The maximum absolute atomic E-state index is 13.0. The molecule has 2 unspecified atom stereocenters. The van der Waals surface area contributed by atoms with Gasteiger partial charge in [-0.3, -0.25) is 9.59 Å². The van der Waals surface area contributed by atoms with Gasteiger partial charge in [-0.2, -0.15) is 0 Å². The third-order valence-electron chi connectivity index (χ3n) is 3.75. The number of hydrogen-bond acceptors (Lipinski definition) is 4. The van der Waals surface area contributed by atoms with Crippen molar-refractivity contribution in [3.8, 4) is 0 Å². The minimum Gasteiger partial charge on any atom is -0.350 e. The number of hydrogen-bond donors (Lipinski definition) is 3. The number of nitrogens with zero attached hydrogens (tertiary/aromatic N) is 1. The normalized spacial score (nSPS) is 20.7. The van der Waals surface area contributed by atoms with Gasteiger partial charge in [0, 0.05) is 18.6 Å². The average Bonchev–Trinajstić information content (AvgIpc) is 2.94. The summed E-state index contributed by atoms with van der Waals surface area (Å²) in [5, 5.41) is 2.83. The van der Waals surface area contributed by atoms with Crippen molar-refractivity contribution in [2.24, 2.45) is 0 Å². The molecule has 0 aliphatic carbocycles. The number of hydrazine groups is 1. The zero-order valence-electron chi connectivity index (χ0n) is 14.5. The third-order valence-corrected chi connectivity index (χ3v) is 3.75. The van der Waals surface area contributed by atoms with Gasteiger partial charge in [0.2, 0.25) is 11.8 Å². The number of amides is 2. The first-order valence-corrected chi connectivity index (χ1v) is 7.98. The van der Waals surface area contributed by atoms with Crippen molar-refractivity contribution in [2.45, 2.75) is 44.8 Å². The lowest BCUT2D eigenvalue weighted by Crippen LogP contribution is -2.50. The number of likely N-dealkylation sites (N-methyl/N-ethyl adjacent to an activating group) is 1. The molecule has 0 bridgehead atoms. The van der Waals surface area contributed by atoms with Crippen LogP contribution in [0.2, 0.25) is 0 Å². The molecule has 6 nitrogen and oxygen atoms in total. The molecule has 0 saturated carbocycles. The van der Waals surface area contributed by atoms with E-state index in [1.54, 1.807) is 19.2 Å². The summed E-state index contributed by atoms with van der Waals surface area (Å²) >= 11 is 0. The molecule has 132 valence electrons. The highest BCUT2D eigenvalue weighted by Gasteiger charge is 2.32. The van der Waals surface area contributed by atoms with Gasteiger partial charge in [-0.1, -0.05) is 12.1 Å². The summed E-state index contributed by atoms with van der Waals surface area (Å²) in [6.45, 7) is 5.68. The van der Waals surface area contributed by atoms with Gasteiger partial charge < -0.3 is 10.2 Å². The number of nitrogens with one attached hydrogen (secondary N) is 3. The second kappa shape index (κ2) is 7.27. The van der Waals surface area contributed by atoms with E-state index in [0.29, 0.717) is 6.42 Å². The monoisotopic (exact) mass is 336 g/mol. The molecule has 1 aliphatic heterocycles. The highest BCUT2D eigenvalue weighted by molar-refractivity contribution is 5.87. The highest BCUT2D eigenvalue weighted by atomic mass is 19.1. The molecule has 1 saturated heterocycles. The van der Waals surface area contributed by atoms with Gasteiger partial charge in [0.25, 0.3) is 0 Å². The van der Waals surface area contributed by atoms with E-state index in [0.717, 1.165) is 5.56 Å². The predicted octanol–water partition coefficient (Wildman–Crippen LogP) is 1.11. The molecule has 2 amide bonds. The maximum Gasteiger partial charge on any atom is 0.241 e. The van der Waals surface area contributed by atoms with Crippen LogP contribution in [0.4, 0.5) is 4.39 Å². The first-order chi connectivity index (χ1) is 11.2. The molecule has 1 aromatic carbocycles. The number of carbonyl (C=O) groups is 2. The van der Waals surface area contributed by atoms with E-state index in [9.17, 15) is 14.0 Å². The molecule has 0 aromatic heterocycles. The van der Waals surface area contributed by atoms with E-state index in [1.807, 2.05) is 20.8 Å². The molecule has 0 spiro atoms. The smallest absolute Gasteiger partial charge is 0.241 e. The largest absolute Gasteiger partial charge is 0.350 e. The quantitative estimate of drug-likeness (QED) is 0.770. The van der Waals surface area contributed by atoms with Crippen LogP contribution in [0.1, 0.15) is 38.8 Å². The van der Waals surface area contributed by atoms with Crippen LogP contribution >= 0.6 is 0 Å². The van der Waals surface area contributed by atoms with E-state index in [4.69, 9.17) is 0 Å². The summed E-state index contributed by atoms with van der Waals surface area (Å²) in [6.07, 6.45) is 0.537. The van der Waals surface area contributed by atoms with Crippen LogP contribution in [0.25, 0.3) is 0 Å². The van der Waals surface area contributed by atoms with Gasteiger partial charge in [0.1, 0.15) is 11.9 Å². The summed E-state index contributed by atoms with van der Waals surface area (Å²) in [4.78, 5) is 25.8. The summed E-state index contributed by atoms with van der Waals surface area (Å²) < 4.78 is 13.0. The van der Waals surface area contributed by atoms with Crippen molar-refractivity contribution in [3.63, 3.8) is 0 Å². The van der Waals surface area contributed by atoms with Crippen molar-refractivity contribution >= 4 is 11.8 Å². The molecular formula is C17H25FN4O2. The van der Waals surface area contributed by atoms with Gasteiger partial charge in [0.15, 0.2) is 0 Å². The molecular weight excluding hydrogens is 311 g/mol. The predicted molar refractivity (Wildman–Crippen MR) is 89.4 cm³/mol. The number of benzene rings is 1. The van der Waals surface area contributed by atoms with Crippen LogP contribution in [0.3, 0.4) is 0 Å². The minimum absolute atomic E-state index is 0.00942. The van der Waals surface area contributed by atoms with Crippen LogP contribution < -0.4 is 16.2 Å². The Balaban J connectivity index is 1.89. The Labute approximate surface area is 141 Å². The van der Waals surface area contributed by atoms with Crippen LogP contribution in [0, 0.1) is 5.82 Å². The third kappa shape index (κ3) is 5.01. The Morgan fingerprint density at radius 3 is 2.46 bits per heavy atom. The average molecular weight is 336 g/mol. The first-order valence-electron chi connectivity index (χ1n) is 7.98. The standard InChI is InChI=1S/C17H25FN4O2/c1-17(2,3)19-15(23)10-22(4)16(24)14-9-13(20-21-14)11-5-7-12(18)8-6-11/h5-8,13-14,20-21H,9-10H2,1-4H3,(H,19,23). The lowest BCUT2D eigenvalue weighted by molar-refractivity contribution is -0.136. The summed E-state index contributed by atoms with van der Waals surface area (Å²) in [5.74, 6) is -0.641. The Hall–Kier alpha value is -1.99. The molecule has 24 heavy (non-hydrogen) atoms. The fourth-order valence-electron chi connectivity index (χ4n) is 2.65. The fraction of sp³-hybridized carbons (Fsp3) is 0.529. The Bertz CT molecular complexity index is 598. The maximum atomic E-state index is 13.0. The van der Waals surface area contributed by atoms with Crippen LogP contribution in [-0.4, -0.2) is 41.9 Å². The Morgan fingerprint density at radius 1 is 1.25 bits per heavy atom. The second-order valence-electron chi connectivity index (χ2n) is 7.17. The van der Waals surface area contributed by atoms with Crippen molar-refractivity contribution in [1.29, 1.82) is 0 Å². The van der Waals surface area contributed by atoms with E-state index in [1.165, 1.54) is 17.0 Å². The van der Waals surface area contributed by atoms with Crippen molar-refractivity contribution in [1.82, 2.24) is 21.1 Å². The summed E-state index contributed by atoms with van der Waals surface area (Å²) in [5.41, 5.74) is 6.58. The van der Waals surface area contributed by atoms with E-state index in [2.05, 4.69) is 16.2 Å². The van der Waals surface area contributed by atoms with E-state index < -0.39 is 6.04 Å². The topological polar surface area (TPSA) is 73.5 Å². The van der Waals surface area contributed by atoms with Crippen molar-refractivity contribution < 1.29 is 14.0 Å². The van der Waals surface area contributed by atoms with Crippen LogP contribution in [0.5, 0.6) is 0 Å². The van der Waals surface area contributed by atoms with Crippen LogP contribution in [0.15, 0.2) is 24.3 Å². The fourth-order valence-corrected chi connectivity index (χ4v) is 2.65. The Kier molecular flexibility index (Phi) is 5.56. The molecule has 1 aromatic rings. The lowest BCUT2D eigenvalue weighted by atomic mass is 10.0. The van der Waals surface area contributed by atoms with E-state index >= 15 is 0 Å². The molecule has 0 radical (unpaired) electrons. The summed E-state index contributed by atoms with van der Waals surface area (Å²) in [6, 6.07) is 5.69. The van der Waals surface area contributed by atoms with Gasteiger partial charge in [0.05, 0.1) is 6.54 Å². The lowest BCUT2D eigenvalue weighted by Gasteiger charge is -2.24. The molecule has 1 heterocycles. The number of halogens is 1. The molecule has 3 N–H and O–H groups in total. The first kappa shape index (κ1) is 18.4. The minimum atomic E-state index is -0.424. The number of rotatable bonds is 4. The highest BCUT2D eigenvalue weighted by Crippen LogP contribution is 2.23. The molecule has 7 heteroatoms. The molecule has 2 rings (SSSR count). The van der Waals surface area contributed by atoms with Crippen molar-refractivity contribution in [3.05, 3.63) is 35.6 Å². The van der Waals surface area contributed by atoms with Crippen molar-refractivity contribution in [2.75, 3.05) is 13.6 Å². The summed E-state index contributed by atoms with van der Waals surface area (Å²) in [7, 11) is 1.61. The van der Waals surface area contributed by atoms with Gasteiger partial charge in [-0.15, -0.1) is 0 Å². The molecule has 2 atom stereocenters. The van der Waals surface area contributed by atoms with Gasteiger partial charge in [-0.25, -0.2) is 15.2 Å². The zero-order valence-corrected chi connectivity index (χ0v) is 14.5. The van der Waals surface area contributed by atoms with Gasteiger partial charge in [-0.05, 0) is 44.9 Å².